The fourth-order valence-corrected chi connectivity index (χ4v) is 2.22. The van der Waals surface area contributed by atoms with E-state index < -0.39 is 0 Å². The molecule has 108 valence electrons. The summed E-state index contributed by atoms with van der Waals surface area (Å²) in [5.41, 5.74) is 7.04. The lowest BCUT2D eigenvalue weighted by molar-refractivity contribution is 0.309. The number of rotatable bonds is 8. The van der Waals surface area contributed by atoms with E-state index in [9.17, 15) is 0 Å². The lowest BCUT2D eigenvalue weighted by Gasteiger charge is -2.17. The molecular formula is C14H22ClNO2S. The van der Waals surface area contributed by atoms with Crippen LogP contribution in [0.25, 0.3) is 0 Å². The molecule has 3 nitrogen and oxygen atoms in total. The lowest BCUT2D eigenvalue weighted by atomic mass is 10.0. The molecule has 0 fully saturated rings. The van der Waals surface area contributed by atoms with Crippen molar-refractivity contribution in [2.24, 2.45) is 5.73 Å². The van der Waals surface area contributed by atoms with Crippen molar-refractivity contribution in [2.45, 2.75) is 25.8 Å². The smallest absolute Gasteiger partial charge is 0.164 e. The second-order valence-corrected chi connectivity index (χ2v) is 5.73. The number of halogens is 1. The molecule has 1 aromatic rings. The molecule has 0 aromatic heterocycles. The molecule has 1 atom stereocenters. The van der Waals surface area contributed by atoms with Gasteiger partial charge in [0.25, 0.3) is 0 Å². The third kappa shape index (κ3) is 5.13. The molecule has 19 heavy (non-hydrogen) atoms. The molecule has 0 spiro atoms. The van der Waals surface area contributed by atoms with Gasteiger partial charge in [-0.05, 0) is 25.2 Å². The highest BCUT2D eigenvalue weighted by Gasteiger charge is 2.15. The quantitative estimate of drug-likeness (QED) is 0.748. The van der Waals surface area contributed by atoms with Gasteiger partial charge < -0.3 is 15.2 Å². The minimum Gasteiger partial charge on any atom is -0.493 e. The van der Waals surface area contributed by atoms with Crippen molar-refractivity contribution < 1.29 is 9.47 Å². The average Bonchev–Trinajstić information content (AvgIpc) is 2.40. The van der Waals surface area contributed by atoms with Crippen molar-refractivity contribution >= 4 is 23.4 Å². The number of thioether (sulfide) groups is 1. The van der Waals surface area contributed by atoms with Gasteiger partial charge in [-0.1, -0.05) is 18.5 Å². The predicted molar refractivity (Wildman–Crippen MR) is 83.9 cm³/mol. The highest BCUT2D eigenvalue weighted by Crippen LogP contribution is 2.35. The summed E-state index contributed by atoms with van der Waals surface area (Å²) in [4.78, 5) is 0. The Morgan fingerprint density at radius 1 is 1.42 bits per heavy atom. The fraction of sp³-hybridized carbons (Fsp3) is 0.571. The molecule has 0 saturated carbocycles. The molecule has 0 radical (unpaired) electrons. The molecule has 0 amide bonds. The molecule has 1 unspecified atom stereocenters. The second-order valence-electron chi connectivity index (χ2n) is 4.31. The molecule has 0 saturated heterocycles. The van der Waals surface area contributed by atoms with Gasteiger partial charge in [-0.2, -0.15) is 11.8 Å². The number of hydrogen-bond donors (Lipinski definition) is 1. The van der Waals surface area contributed by atoms with Crippen LogP contribution in [-0.2, 0) is 6.42 Å². The van der Waals surface area contributed by atoms with Crippen LogP contribution in [0.15, 0.2) is 12.1 Å². The second kappa shape index (κ2) is 8.56. The summed E-state index contributed by atoms with van der Waals surface area (Å²) < 4.78 is 11.2. The normalized spacial score (nSPS) is 12.3. The Morgan fingerprint density at radius 2 is 2.16 bits per heavy atom. The number of benzene rings is 1. The lowest BCUT2D eigenvalue weighted by Crippen LogP contribution is -2.22. The maximum Gasteiger partial charge on any atom is 0.164 e. The fourth-order valence-electron chi connectivity index (χ4n) is 1.74. The van der Waals surface area contributed by atoms with E-state index in [0.717, 1.165) is 29.9 Å². The summed E-state index contributed by atoms with van der Waals surface area (Å²) in [6.07, 6.45) is 3.71. The number of ether oxygens (including phenoxy) is 2. The summed E-state index contributed by atoms with van der Waals surface area (Å²) >= 11 is 7.85. The molecule has 0 heterocycles. The van der Waals surface area contributed by atoms with Gasteiger partial charge in [0.15, 0.2) is 11.5 Å². The van der Waals surface area contributed by atoms with Crippen LogP contribution in [-0.4, -0.2) is 31.8 Å². The standard InChI is InChI=1S/C14H22ClNO2S/c1-4-12(16)8-10-7-11(15)9-13(17-2)14(10)18-5-6-19-3/h7,9,12H,4-6,8,16H2,1-3H3. The zero-order valence-corrected chi connectivity index (χ0v) is 13.3. The maximum atomic E-state index is 6.11. The summed E-state index contributed by atoms with van der Waals surface area (Å²) in [5, 5.41) is 0.646. The molecule has 0 aliphatic heterocycles. The van der Waals surface area contributed by atoms with Gasteiger partial charge >= 0.3 is 0 Å². The van der Waals surface area contributed by atoms with Crippen LogP contribution in [0.1, 0.15) is 18.9 Å². The van der Waals surface area contributed by atoms with E-state index >= 15 is 0 Å². The number of nitrogens with two attached hydrogens (primary N) is 1. The highest BCUT2D eigenvalue weighted by molar-refractivity contribution is 7.98. The SMILES string of the molecule is CCC(N)Cc1cc(Cl)cc(OC)c1OCCSC. The molecule has 0 aliphatic carbocycles. The van der Waals surface area contributed by atoms with Crippen LogP contribution in [0.5, 0.6) is 11.5 Å². The van der Waals surface area contributed by atoms with Crippen molar-refractivity contribution in [3.63, 3.8) is 0 Å². The average molecular weight is 304 g/mol. The van der Waals surface area contributed by atoms with Crippen molar-refractivity contribution in [1.82, 2.24) is 0 Å². The van der Waals surface area contributed by atoms with Crippen LogP contribution in [0.3, 0.4) is 0 Å². The Balaban J connectivity index is 2.99. The summed E-state index contributed by atoms with van der Waals surface area (Å²) in [7, 11) is 1.62. The van der Waals surface area contributed by atoms with E-state index in [0.29, 0.717) is 17.4 Å². The Kier molecular flexibility index (Phi) is 7.42. The van der Waals surface area contributed by atoms with Crippen molar-refractivity contribution in [3.8, 4) is 11.5 Å². The minimum atomic E-state index is 0.103. The van der Waals surface area contributed by atoms with Gasteiger partial charge in [-0.15, -0.1) is 0 Å². The Labute approximate surface area is 124 Å². The molecule has 2 N–H and O–H groups in total. The topological polar surface area (TPSA) is 44.5 Å². The summed E-state index contributed by atoms with van der Waals surface area (Å²) in [6.45, 7) is 2.72. The Bertz CT molecular complexity index is 401. The molecule has 1 aromatic carbocycles. The number of hydrogen-bond acceptors (Lipinski definition) is 4. The van der Waals surface area contributed by atoms with Gasteiger partial charge in [0.05, 0.1) is 13.7 Å². The maximum absolute atomic E-state index is 6.11. The molecule has 0 bridgehead atoms. The van der Waals surface area contributed by atoms with Gasteiger partial charge in [0.2, 0.25) is 0 Å². The molecule has 0 aliphatic rings. The summed E-state index contributed by atoms with van der Waals surface area (Å²) in [5.74, 6) is 2.38. The minimum absolute atomic E-state index is 0.103. The zero-order valence-electron chi connectivity index (χ0n) is 11.7. The van der Waals surface area contributed by atoms with E-state index in [4.69, 9.17) is 26.8 Å². The van der Waals surface area contributed by atoms with Crippen molar-refractivity contribution in [1.29, 1.82) is 0 Å². The zero-order chi connectivity index (χ0) is 14.3. The third-order valence-electron chi connectivity index (χ3n) is 2.86. The van der Waals surface area contributed by atoms with E-state index in [2.05, 4.69) is 13.2 Å². The third-order valence-corrected chi connectivity index (χ3v) is 3.65. The van der Waals surface area contributed by atoms with Crippen LogP contribution in [0.4, 0.5) is 0 Å². The van der Waals surface area contributed by atoms with E-state index in [1.807, 2.05) is 6.07 Å². The predicted octanol–water partition coefficient (Wildman–Crippen LogP) is 3.37. The van der Waals surface area contributed by atoms with Gasteiger partial charge in [0.1, 0.15) is 0 Å². The first-order valence-corrected chi connectivity index (χ1v) is 8.13. The highest BCUT2D eigenvalue weighted by atomic mass is 35.5. The Hall–Kier alpha value is -0.580. The molecule has 5 heteroatoms. The van der Waals surface area contributed by atoms with Crippen molar-refractivity contribution in [2.75, 3.05) is 25.7 Å². The number of methoxy groups -OCH3 is 1. The van der Waals surface area contributed by atoms with Gasteiger partial charge in [-0.3, -0.25) is 0 Å². The van der Waals surface area contributed by atoms with E-state index in [1.54, 1.807) is 24.9 Å². The monoisotopic (exact) mass is 303 g/mol. The first kappa shape index (κ1) is 16.5. The first-order valence-electron chi connectivity index (χ1n) is 6.36. The van der Waals surface area contributed by atoms with Crippen LogP contribution < -0.4 is 15.2 Å². The first-order chi connectivity index (χ1) is 9.12. The van der Waals surface area contributed by atoms with Gasteiger partial charge in [-0.25, -0.2) is 0 Å². The summed E-state index contributed by atoms with van der Waals surface area (Å²) in [6, 6.07) is 3.79. The van der Waals surface area contributed by atoms with Gasteiger partial charge in [0, 0.05) is 28.4 Å². The van der Waals surface area contributed by atoms with E-state index in [1.165, 1.54) is 0 Å². The van der Waals surface area contributed by atoms with Crippen LogP contribution in [0, 0.1) is 0 Å². The van der Waals surface area contributed by atoms with Crippen LogP contribution >= 0.6 is 23.4 Å². The molecular weight excluding hydrogens is 282 g/mol. The molecule has 1 rings (SSSR count). The van der Waals surface area contributed by atoms with Crippen molar-refractivity contribution in [3.05, 3.63) is 22.7 Å². The largest absolute Gasteiger partial charge is 0.493 e. The van der Waals surface area contributed by atoms with E-state index in [-0.39, 0.29) is 6.04 Å². The van der Waals surface area contributed by atoms with Crippen LogP contribution in [0.2, 0.25) is 5.02 Å². The Morgan fingerprint density at radius 3 is 2.74 bits per heavy atom.